The van der Waals surface area contributed by atoms with Crippen LogP contribution in [0.4, 0.5) is 0 Å². The lowest BCUT2D eigenvalue weighted by Crippen LogP contribution is -2.28. The van der Waals surface area contributed by atoms with Gasteiger partial charge in [-0.05, 0) is 37.8 Å². The van der Waals surface area contributed by atoms with Crippen molar-refractivity contribution in [3.8, 4) is 11.5 Å². The molecule has 1 heterocycles. The van der Waals surface area contributed by atoms with Crippen LogP contribution in [0.1, 0.15) is 19.4 Å². The Hall–Kier alpha value is -1.95. The van der Waals surface area contributed by atoms with Crippen molar-refractivity contribution in [2.24, 2.45) is 4.99 Å². The van der Waals surface area contributed by atoms with Crippen LogP contribution in [0.15, 0.2) is 28.1 Å². The van der Waals surface area contributed by atoms with E-state index < -0.39 is 0 Å². The van der Waals surface area contributed by atoms with E-state index in [4.69, 9.17) is 9.47 Å². The Morgan fingerprint density at radius 2 is 2.05 bits per heavy atom. The molecule has 0 radical (unpaired) electrons. The van der Waals surface area contributed by atoms with Crippen LogP contribution in [0.25, 0.3) is 6.08 Å². The summed E-state index contributed by atoms with van der Waals surface area (Å²) in [6.45, 7) is 5.16. The largest absolute Gasteiger partial charge is 0.493 e. The molecule has 1 saturated heterocycles. The standard InChI is InChI=1S/C16H20N2O3S/c1-5-17-16-18(6-2)15(19)13(22-16)10-11-8-7-9-12(20-3)14(11)21-4/h7-10H,5-6H2,1-4H3/b13-10+,17-16?. The highest BCUT2D eigenvalue weighted by Gasteiger charge is 2.32. The highest BCUT2D eigenvalue weighted by Crippen LogP contribution is 2.37. The minimum Gasteiger partial charge on any atom is -0.493 e. The van der Waals surface area contributed by atoms with Gasteiger partial charge in [-0.3, -0.25) is 14.7 Å². The molecule has 0 aromatic heterocycles. The van der Waals surface area contributed by atoms with Crippen molar-refractivity contribution in [1.82, 2.24) is 4.90 Å². The van der Waals surface area contributed by atoms with Gasteiger partial charge in [-0.15, -0.1) is 0 Å². The summed E-state index contributed by atoms with van der Waals surface area (Å²) in [5.41, 5.74) is 0.812. The van der Waals surface area contributed by atoms with Gasteiger partial charge in [-0.25, -0.2) is 0 Å². The van der Waals surface area contributed by atoms with E-state index in [-0.39, 0.29) is 5.91 Å². The smallest absolute Gasteiger partial charge is 0.266 e. The number of carbonyl (C=O) groups excluding carboxylic acids is 1. The van der Waals surface area contributed by atoms with Crippen molar-refractivity contribution in [3.63, 3.8) is 0 Å². The lowest BCUT2D eigenvalue weighted by molar-refractivity contribution is -0.122. The second kappa shape index (κ2) is 7.35. The average Bonchev–Trinajstić information content (AvgIpc) is 2.82. The number of hydrogen-bond donors (Lipinski definition) is 0. The number of para-hydroxylation sites is 1. The molecule has 1 aliphatic heterocycles. The van der Waals surface area contributed by atoms with Crippen molar-refractivity contribution < 1.29 is 14.3 Å². The van der Waals surface area contributed by atoms with E-state index >= 15 is 0 Å². The molecule has 22 heavy (non-hydrogen) atoms. The van der Waals surface area contributed by atoms with Crippen molar-refractivity contribution in [3.05, 3.63) is 28.7 Å². The minimum absolute atomic E-state index is 0.0235. The highest BCUT2D eigenvalue weighted by atomic mass is 32.2. The number of amides is 1. The van der Waals surface area contributed by atoms with Crippen LogP contribution < -0.4 is 9.47 Å². The lowest BCUT2D eigenvalue weighted by Gasteiger charge is -2.11. The maximum atomic E-state index is 12.5. The third-order valence-electron chi connectivity index (χ3n) is 3.22. The Bertz CT molecular complexity index is 626. The van der Waals surface area contributed by atoms with Gasteiger partial charge in [0, 0.05) is 18.7 Å². The van der Waals surface area contributed by atoms with Crippen molar-refractivity contribution in [1.29, 1.82) is 0 Å². The van der Waals surface area contributed by atoms with E-state index in [9.17, 15) is 4.79 Å². The zero-order valence-corrected chi connectivity index (χ0v) is 14.1. The Morgan fingerprint density at radius 1 is 1.27 bits per heavy atom. The first-order chi connectivity index (χ1) is 10.7. The van der Waals surface area contributed by atoms with Crippen molar-refractivity contribution >= 4 is 28.9 Å². The van der Waals surface area contributed by atoms with Crippen LogP contribution in [0, 0.1) is 0 Å². The summed E-state index contributed by atoms with van der Waals surface area (Å²) in [5.74, 6) is 1.24. The predicted molar refractivity (Wildman–Crippen MR) is 90.5 cm³/mol. The minimum atomic E-state index is -0.0235. The number of ether oxygens (including phenoxy) is 2. The molecule has 6 heteroatoms. The fraction of sp³-hybridized carbons (Fsp3) is 0.375. The van der Waals surface area contributed by atoms with Crippen LogP contribution in [0.2, 0.25) is 0 Å². The summed E-state index contributed by atoms with van der Waals surface area (Å²) < 4.78 is 10.7. The molecular formula is C16H20N2O3S. The lowest BCUT2D eigenvalue weighted by atomic mass is 10.1. The van der Waals surface area contributed by atoms with Gasteiger partial charge in [0.2, 0.25) is 0 Å². The first-order valence-corrected chi connectivity index (χ1v) is 7.94. The van der Waals surface area contributed by atoms with Crippen molar-refractivity contribution in [2.75, 3.05) is 27.3 Å². The number of benzene rings is 1. The molecule has 1 aromatic carbocycles. The molecule has 1 amide bonds. The molecule has 0 spiro atoms. The fourth-order valence-corrected chi connectivity index (χ4v) is 3.30. The third-order valence-corrected chi connectivity index (χ3v) is 4.26. The summed E-state index contributed by atoms with van der Waals surface area (Å²) in [6, 6.07) is 5.59. The molecule has 0 saturated carbocycles. The summed E-state index contributed by atoms with van der Waals surface area (Å²) >= 11 is 1.39. The summed E-state index contributed by atoms with van der Waals surface area (Å²) in [7, 11) is 3.18. The van der Waals surface area contributed by atoms with E-state index in [2.05, 4.69) is 4.99 Å². The van der Waals surface area contributed by atoms with Gasteiger partial charge in [0.15, 0.2) is 16.7 Å². The highest BCUT2D eigenvalue weighted by molar-refractivity contribution is 8.18. The predicted octanol–water partition coefficient (Wildman–Crippen LogP) is 3.02. The Kier molecular flexibility index (Phi) is 5.49. The number of carbonyl (C=O) groups is 1. The van der Waals surface area contributed by atoms with E-state index in [1.807, 2.05) is 38.1 Å². The SMILES string of the molecule is CCN=C1S/C(=C/c2cccc(OC)c2OC)C(=O)N1CC. The topological polar surface area (TPSA) is 51.1 Å². The Balaban J connectivity index is 2.42. The van der Waals surface area contributed by atoms with Crippen LogP contribution in [-0.2, 0) is 4.79 Å². The van der Waals surface area contributed by atoms with Crippen LogP contribution >= 0.6 is 11.8 Å². The fourth-order valence-electron chi connectivity index (χ4n) is 2.21. The Labute approximate surface area is 135 Å². The average molecular weight is 320 g/mol. The second-order valence-electron chi connectivity index (χ2n) is 4.50. The molecular weight excluding hydrogens is 300 g/mol. The van der Waals surface area contributed by atoms with Crippen molar-refractivity contribution in [2.45, 2.75) is 13.8 Å². The normalized spacial score (nSPS) is 18.4. The second-order valence-corrected chi connectivity index (χ2v) is 5.51. The number of amidine groups is 1. The molecule has 0 atom stereocenters. The van der Waals surface area contributed by atoms with Gasteiger partial charge in [-0.1, -0.05) is 12.1 Å². The molecule has 0 N–H and O–H groups in total. The van der Waals surface area contributed by atoms with Gasteiger partial charge >= 0.3 is 0 Å². The van der Waals surface area contributed by atoms with Gasteiger partial charge in [0.1, 0.15) is 0 Å². The first-order valence-electron chi connectivity index (χ1n) is 7.13. The van der Waals surface area contributed by atoms with E-state index in [0.717, 1.165) is 10.7 Å². The number of thioether (sulfide) groups is 1. The van der Waals surface area contributed by atoms with Gasteiger partial charge in [0.25, 0.3) is 5.91 Å². The zero-order valence-electron chi connectivity index (χ0n) is 13.3. The van der Waals surface area contributed by atoms with E-state index in [1.165, 1.54) is 11.8 Å². The summed E-state index contributed by atoms with van der Waals surface area (Å²) in [5, 5.41) is 0.753. The number of nitrogens with zero attached hydrogens (tertiary/aromatic N) is 2. The first kappa shape index (κ1) is 16.4. The Morgan fingerprint density at radius 3 is 2.64 bits per heavy atom. The number of methoxy groups -OCH3 is 2. The number of hydrogen-bond acceptors (Lipinski definition) is 5. The van der Waals surface area contributed by atoms with Crippen LogP contribution in [0.5, 0.6) is 11.5 Å². The quantitative estimate of drug-likeness (QED) is 0.783. The van der Waals surface area contributed by atoms with Crippen LogP contribution in [0.3, 0.4) is 0 Å². The summed E-state index contributed by atoms with van der Waals surface area (Å²) in [6.07, 6.45) is 1.83. The maximum absolute atomic E-state index is 12.5. The van der Waals surface area contributed by atoms with Gasteiger partial charge < -0.3 is 9.47 Å². The maximum Gasteiger partial charge on any atom is 0.266 e. The molecule has 118 valence electrons. The molecule has 1 fully saturated rings. The molecule has 1 aliphatic rings. The zero-order chi connectivity index (χ0) is 16.1. The molecule has 5 nitrogen and oxygen atoms in total. The molecule has 2 rings (SSSR count). The molecule has 0 bridgehead atoms. The van der Waals surface area contributed by atoms with E-state index in [0.29, 0.717) is 29.5 Å². The number of likely N-dealkylation sites (N-methyl/N-ethyl adjacent to an activating group) is 1. The number of rotatable bonds is 5. The van der Waals surface area contributed by atoms with Gasteiger partial charge in [-0.2, -0.15) is 0 Å². The monoisotopic (exact) mass is 320 g/mol. The number of aliphatic imine (C=N–C) groups is 1. The molecule has 1 aromatic rings. The van der Waals surface area contributed by atoms with Gasteiger partial charge in [0.05, 0.1) is 19.1 Å². The molecule has 0 aliphatic carbocycles. The molecule has 0 unspecified atom stereocenters. The third kappa shape index (κ3) is 3.11. The summed E-state index contributed by atoms with van der Waals surface area (Å²) in [4.78, 5) is 19.2. The van der Waals surface area contributed by atoms with E-state index in [1.54, 1.807) is 19.1 Å². The van der Waals surface area contributed by atoms with Crippen LogP contribution in [-0.4, -0.2) is 43.3 Å².